The van der Waals surface area contributed by atoms with E-state index in [2.05, 4.69) is 16.4 Å². The molecule has 0 unspecified atom stereocenters. The number of carbonyl (C=O) groups excluding carboxylic acids is 1. The number of amides is 2. The lowest BCUT2D eigenvalue weighted by Gasteiger charge is -2.17. The number of anilines is 1. The van der Waals surface area contributed by atoms with Crippen molar-refractivity contribution in [1.82, 2.24) is 5.32 Å². The van der Waals surface area contributed by atoms with Crippen LogP contribution in [0.4, 0.5) is 10.5 Å². The van der Waals surface area contributed by atoms with Crippen molar-refractivity contribution in [3.63, 3.8) is 0 Å². The third-order valence-electron chi connectivity index (χ3n) is 1.70. The number of rotatable bonds is 0. The lowest BCUT2D eigenvalue weighted by molar-refractivity contribution is 0.251. The molecule has 1 aliphatic heterocycles. The molecular weight excluding hydrogens is 166 g/mol. The van der Waals surface area contributed by atoms with Crippen LogP contribution in [-0.4, -0.2) is 13.1 Å². The summed E-state index contributed by atoms with van der Waals surface area (Å²) < 4.78 is 0. The van der Waals surface area contributed by atoms with E-state index in [9.17, 15) is 4.79 Å². The molecule has 4 N–H and O–H groups in total. The fourth-order valence-electron chi connectivity index (χ4n) is 1.14. The Balaban J connectivity index is 0.000000396. The second-order valence-corrected chi connectivity index (χ2v) is 2.46. The SMILES string of the molecule is CN.O=C1NCc2ccccc2N1. The van der Waals surface area contributed by atoms with E-state index in [-0.39, 0.29) is 6.03 Å². The van der Waals surface area contributed by atoms with Crippen molar-refractivity contribution >= 4 is 11.7 Å². The number of fused-ring (bicyclic) bond motifs is 1. The maximum absolute atomic E-state index is 10.8. The van der Waals surface area contributed by atoms with Crippen molar-refractivity contribution in [3.8, 4) is 0 Å². The molecular formula is C9H13N3O. The van der Waals surface area contributed by atoms with E-state index in [1.165, 1.54) is 7.05 Å². The minimum absolute atomic E-state index is 0.122. The average molecular weight is 179 g/mol. The van der Waals surface area contributed by atoms with Crippen LogP contribution in [0.15, 0.2) is 24.3 Å². The van der Waals surface area contributed by atoms with Crippen LogP contribution in [-0.2, 0) is 6.54 Å². The van der Waals surface area contributed by atoms with Gasteiger partial charge in [-0.3, -0.25) is 0 Å². The number of nitrogens with one attached hydrogen (secondary N) is 2. The molecule has 0 bridgehead atoms. The number of carbonyl (C=O) groups is 1. The summed E-state index contributed by atoms with van der Waals surface area (Å²) >= 11 is 0. The Hall–Kier alpha value is -1.55. The fraction of sp³-hybridized carbons (Fsp3) is 0.222. The summed E-state index contributed by atoms with van der Waals surface area (Å²) in [6, 6.07) is 7.63. The molecule has 0 atom stereocenters. The van der Waals surface area contributed by atoms with E-state index in [4.69, 9.17) is 0 Å². The Morgan fingerprint density at radius 3 is 2.77 bits per heavy atom. The number of para-hydroxylation sites is 1. The van der Waals surface area contributed by atoms with E-state index < -0.39 is 0 Å². The highest BCUT2D eigenvalue weighted by Gasteiger charge is 2.11. The first-order chi connectivity index (χ1) is 6.36. The van der Waals surface area contributed by atoms with Crippen molar-refractivity contribution in [2.75, 3.05) is 12.4 Å². The molecule has 70 valence electrons. The summed E-state index contributed by atoms with van der Waals surface area (Å²) in [6.07, 6.45) is 0. The maximum atomic E-state index is 10.8. The second-order valence-electron chi connectivity index (χ2n) is 2.46. The Kier molecular flexibility index (Phi) is 3.28. The van der Waals surface area contributed by atoms with Crippen molar-refractivity contribution < 1.29 is 4.79 Å². The van der Waals surface area contributed by atoms with Crippen LogP contribution in [0.25, 0.3) is 0 Å². The molecule has 1 heterocycles. The van der Waals surface area contributed by atoms with Crippen LogP contribution in [0.5, 0.6) is 0 Å². The number of hydrogen-bond donors (Lipinski definition) is 3. The van der Waals surface area contributed by atoms with Crippen LogP contribution in [0.2, 0.25) is 0 Å². The molecule has 1 aromatic carbocycles. The van der Waals surface area contributed by atoms with E-state index in [1.54, 1.807) is 0 Å². The van der Waals surface area contributed by atoms with Gasteiger partial charge in [0.2, 0.25) is 0 Å². The summed E-state index contributed by atoms with van der Waals surface area (Å²) in [5.41, 5.74) is 6.54. The standard InChI is InChI=1S/C8H8N2O.CH5N/c11-8-9-5-6-3-1-2-4-7(6)10-8;1-2/h1-4H,5H2,(H2,9,10,11);2H2,1H3. The van der Waals surface area contributed by atoms with Gasteiger partial charge in [-0.15, -0.1) is 0 Å². The van der Waals surface area contributed by atoms with Crippen LogP contribution in [0, 0.1) is 0 Å². The zero-order valence-electron chi connectivity index (χ0n) is 7.50. The Morgan fingerprint density at radius 1 is 1.31 bits per heavy atom. The van der Waals surface area contributed by atoms with Gasteiger partial charge in [0.05, 0.1) is 0 Å². The minimum atomic E-state index is -0.122. The third-order valence-corrected chi connectivity index (χ3v) is 1.70. The number of urea groups is 1. The average Bonchev–Trinajstić information content (AvgIpc) is 2.21. The van der Waals surface area contributed by atoms with Crippen molar-refractivity contribution in [2.45, 2.75) is 6.54 Å². The molecule has 0 fully saturated rings. The molecule has 1 aromatic rings. The van der Waals surface area contributed by atoms with Gasteiger partial charge in [-0.2, -0.15) is 0 Å². The molecule has 0 aromatic heterocycles. The maximum Gasteiger partial charge on any atom is 0.319 e. The first kappa shape index (κ1) is 9.54. The Morgan fingerprint density at radius 2 is 2.00 bits per heavy atom. The molecule has 2 amide bonds. The summed E-state index contributed by atoms with van der Waals surface area (Å²) in [5, 5.41) is 5.40. The highest BCUT2D eigenvalue weighted by molar-refractivity contribution is 5.92. The quantitative estimate of drug-likeness (QED) is 0.554. The first-order valence-corrected chi connectivity index (χ1v) is 4.07. The van der Waals surface area contributed by atoms with E-state index in [1.807, 2.05) is 24.3 Å². The molecule has 0 aliphatic carbocycles. The third kappa shape index (κ3) is 2.19. The predicted molar refractivity (Wildman–Crippen MR) is 52.4 cm³/mol. The lowest BCUT2D eigenvalue weighted by Crippen LogP contribution is -2.33. The Bertz CT molecular complexity index is 299. The van der Waals surface area contributed by atoms with Gasteiger partial charge in [-0.05, 0) is 18.7 Å². The van der Waals surface area contributed by atoms with Gasteiger partial charge < -0.3 is 16.4 Å². The van der Waals surface area contributed by atoms with Gasteiger partial charge in [-0.1, -0.05) is 18.2 Å². The van der Waals surface area contributed by atoms with Crippen LogP contribution in [0.1, 0.15) is 5.56 Å². The molecule has 13 heavy (non-hydrogen) atoms. The zero-order valence-corrected chi connectivity index (χ0v) is 7.50. The minimum Gasteiger partial charge on any atom is -0.334 e. The lowest BCUT2D eigenvalue weighted by atomic mass is 10.1. The largest absolute Gasteiger partial charge is 0.334 e. The normalized spacial score (nSPS) is 12.9. The molecule has 4 nitrogen and oxygen atoms in total. The highest BCUT2D eigenvalue weighted by atomic mass is 16.2. The number of nitrogens with two attached hydrogens (primary N) is 1. The van der Waals surface area contributed by atoms with Crippen molar-refractivity contribution in [1.29, 1.82) is 0 Å². The summed E-state index contributed by atoms with van der Waals surface area (Å²) in [4.78, 5) is 10.8. The van der Waals surface area contributed by atoms with E-state index >= 15 is 0 Å². The van der Waals surface area contributed by atoms with Crippen LogP contribution in [0.3, 0.4) is 0 Å². The predicted octanol–water partition coefficient (Wildman–Crippen LogP) is 0.897. The topological polar surface area (TPSA) is 67.2 Å². The van der Waals surface area contributed by atoms with E-state index in [0.717, 1.165) is 11.3 Å². The fourth-order valence-corrected chi connectivity index (χ4v) is 1.14. The highest BCUT2D eigenvalue weighted by Crippen LogP contribution is 2.16. The summed E-state index contributed by atoms with van der Waals surface area (Å²) in [6.45, 7) is 0.627. The monoisotopic (exact) mass is 179 g/mol. The van der Waals surface area contributed by atoms with Gasteiger partial charge in [-0.25, -0.2) is 4.79 Å². The van der Waals surface area contributed by atoms with Crippen molar-refractivity contribution in [2.24, 2.45) is 5.73 Å². The molecule has 0 saturated carbocycles. The van der Waals surface area contributed by atoms with Gasteiger partial charge in [0.25, 0.3) is 0 Å². The van der Waals surface area contributed by atoms with Gasteiger partial charge in [0, 0.05) is 12.2 Å². The molecule has 2 rings (SSSR count). The summed E-state index contributed by atoms with van der Waals surface area (Å²) in [7, 11) is 1.50. The van der Waals surface area contributed by atoms with Crippen molar-refractivity contribution in [3.05, 3.63) is 29.8 Å². The molecule has 0 spiro atoms. The summed E-state index contributed by atoms with van der Waals surface area (Å²) in [5.74, 6) is 0. The van der Waals surface area contributed by atoms with Crippen LogP contribution < -0.4 is 16.4 Å². The molecule has 4 heteroatoms. The van der Waals surface area contributed by atoms with Crippen LogP contribution >= 0.6 is 0 Å². The zero-order chi connectivity index (χ0) is 9.68. The smallest absolute Gasteiger partial charge is 0.319 e. The second kappa shape index (κ2) is 4.47. The Labute approximate surface area is 77.1 Å². The van der Waals surface area contributed by atoms with E-state index in [0.29, 0.717) is 6.54 Å². The molecule has 0 saturated heterocycles. The van der Waals surface area contributed by atoms with Gasteiger partial charge in [0.15, 0.2) is 0 Å². The molecule has 0 radical (unpaired) electrons. The first-order valence-electron chi connectivity index (χ1n) is 4.07. The number of benzene rings is 1. The van der Waals surface area contributed by atoms with Gasteiger partial charge >= 0.3 is 6.03 Å². The van der Waals surface area contributed by atoms with Gasteiger partial charge in [0.1, 0.15) is 0 Å². The number of hydrogen-bond acceptors (Lipinski definition) is 2. The molecule has 1 aliphatic rings.